The maximum Gasteiger partial charge on any atom is 0.320 e. The molecule has 1 fully saturated rings. The van der Waals surface area contributed by atoms with Gasteiger partial charge in [-0.1, -0.05) is 12.8 Å². The van der Waals surface area contributed by atoms with Gasteiger partial charge in [0, 0.05) is 6.54 Å². The van der Waals surface area contributed by atoms with Crippen molar-refractivity contribution in [1.82, 2.24) is 4.90 Å². The molecule has 3 heteroatoms. The van der Waals surface area contributed by atoms with Crippen LogP contribution >= 0.6 is 0 Å². The van der Waals surface area contributed by atoms with E-state index in [0.29, 0.717) is 12.5 Å². The van der Waals surface area contributed by atoms with Crippen LogP contribution in [0.4, 0.5) is 0 Å². The first-order valence-electron chi connectivity index (χ1n) is 4.55. The van der Waals surface area contributed by atoms with Crippen molar-refractivity contribution in [2.75, 3.05) is 13.1 Å². The van der Waals surface area contributed by atoms with Gasteiger partial charge in [0.1, 0.15) is 6.04 Å². The maximum atomic E-state index is 10.9. The molecule has 1 aliphatic heterocycles. The van der Waals surface area contributed by atoms with Crippen LogP contribution in [0.25, 0.3) is 0 Å². The molecule has 0 aromatic heterocycles. The van der Waals surface area contributed by atoms with Crippen LogP contribution in [0.3, 0.4) is 0 Å². The van der Waals surface area contributed by atoms with E-state index in [-0.39, 0.29) is 6.04 Å². The molecule has 1 N–H and O–H groups in total. The number of terminal acetylenes is 1. The van der Waals surface area contributed by atoms with Gasteiger partial charge in [0.15, 0.2) is 0 Å². The van der Waals surface area contributed by atoms with Gasteiger partial charge in [-0.15, -0.1) is 6.42 Å². The highest BCUT2D eigenvalue weighted by molar-refractivity contribution is 5.73. The molecule has 2 unspecified atom stereocenters. The molecule has 3 nitrogen and oxygen atoms in total. The van der Waals surface area contributed by atoms with E-state index in [2.05, 4.69) is 12.8 Å². The summed E-state index contributed by atoms with van der Waals surface area (Å²) in [5.41, 5.74) is 0. The van der Waals surface area contributed by atoms with Crippen molar-refractivity contribution in [3.8, 4) is 12.3 Å². The molecular weight excluding hydrogens is 166 g/mol. The number of carboxylic acids is 1. The van der Waals surface area contributed by atoms with Crippen LogP contribution in [-0.4, -0.2) is 35.1 Å². The number of rotatable bonds is 2. The summed E-state index contributed by atoms with van der Waals surface area (Å²) in [5, 5.41) is 8.94. The molecule has 0 amide bonds. The minimum absolute atomic E-state index is 0.375. The van der Waals surface area contributed by atoms with Crippen molar-refractivity contribution >= 4 is 5.97 Å². The Labute approximate surface area is 78.7 Å². The van der Waals surface area contributed by atoms with Crippen LogP contribution in [0.15, 0.2) is 0 Å². The van der Waals surface area contributed by atoms with E-state index in [0.717, 1.165) is 19.4 Å². The summed E-state index contributed by atoms with van der Waals surface area (Å²) in [5.74, 6) is 2.25. The van der Waals surface area contributed by atoms with Gasteiger partial charge in [-0.25, -0.2) is 0 Å². The van der Waals surface area contributed by atoms with Gasteiger partial charge in [0.2, 0.25) is 0 Å². The van der Waals surface area contributed by atoms with Crippen molar-refractivity contribution in [3.05, 3.63) is 0 Å². The Balaban J connectivity index is 2.61. The van der Waals surface area contributed by atoms with Crippen LogP contribution in [-0.2, 0) is 4.79 Å². The molecule has 2 atom stereocenters. The molecule has 0 radical (unpaired) electrons. The summed E-state index contributed by atoms with van der Waals surface area (Å²) >= 11 is 0. The van der Waals surface area contributed by atoms with Crippen molar-refractivity contribution in [2.24, 2.45) is 5.92 Å². The van der Waals surface area contributed by atoms with Crippen molar-refractivity contribution in [2.45, 2.75) is 25.8 Å². The molecular formula is C10H15NO2. The van der Waals surface area contributed by atoms with Crippen LogP contribution in [0.1, 0.15) is 19.8 Å². The lowest BCUT2D eigenvalue weighted by atomic mass is 9.92. The number of hydrogen-bond donors (Lipinski definition) is 1. The zero-order chi connectivity index (χ0) is 9.84. The second kappa shape index (κ2) is 4.29. The fraction of sp³-hybridized carbons (Fsp3) is 0.700. The number of carboxylic acid groups (broad SMARTS) is 1. The number of likely N-dealkylation sites (tertiary alicyclic amines) is 1. The monoisotopic (exact) mass is 181 g/mol. The molecule has 0 aromatic rings. The zero-order valence-corrected chi connectivity index (χ0v) is 7.86. The van der Waals surface area contributed by atoms with E-state index in [1.807, 2.05) is 4.90 Å². The summed E-state index contributed by atoms with van der Waals surface area (Å²) in [4.78, 5) is 12.7. The molecule has 72 valence electrons. The quantitative estimate of drug-likeness (QED) is 0.641. The third-order valence-corrected chi connectivity index (χ3v) is 2.55. The number of piperidine rings is 1. The van der Waals surface area contributed by atoms with Gasteiger partial charge in [0.25, 0.3) is 0 Å². The third-order valence-electron chi connectivity index (χ3n) is 2.55. The van der Waals surface area contributed by atoms with Crippen LogP contribution in [0.5, 0.6) is 0 Å². The number of aliphatic carboxylic acids is 1. The predicted molar refractivity (Wildman–Crippen MR) is 50.2 cm³/mol. The highest BCUT2D eigenvalue weighted by atomic mass is 16.4. The molecule has 1 aliphatic rings. The average molecular weight is 181 g/mol. The summed E-state index contributed by atoms with van der Waals surface area (Å²) in [6.07, 6.45) is 6.94. The maximum absolute atomic E-state index is 10.9. The Kier molecular flexibility index (Phi) is 3.32. The number of hydrogen-bond acceptors (Lipinski definition) is 2. The smallest absolute Gasteiger partial charge is 0.320 e. The lowest BCUT2D eigenvalue weighted by molar-refractivity contribution is -0.145. The van der Waals surface area contributed by atoms with Crippen molar-refractivity contribution in [3.63, 3.8) is 0 Å². The molecule has 0 aliphatic carbocycles. The summed E-state index contributed by atoms with van der Waals surface area (Å²) in [7, 11) is 0. The zero-order valence-electron chi connectivity index (χ0n) is 7.86. The molecule has 1 heterocycles. The fourth-order valence-corrected chi connectivity index (χ4v) is 1.75. The Bertz CT molecular complexity index is 232. The second-order valence-electron chi connectivity index (χ2n) is 3.66. The second-order valence-corrected chi connectivity index (χ2v) is 3.66. The van der Waals surface area contributed by atoms with Gasteiger partial charge < -0.3 is 5.11 Å². The molecule has 0 spiro atoms. The van der Waals surface area contributed by atoms with Crippen molar-refractivity contribution < 1.29 is 9.90 Å². The Morgan fingerprint density at radius 1 is 1.77 bits per heavy atom. The summed E-state index contributed by atoms with van der Waals surface area (Å²) in [6.45, 7) is 3.34. The molecule has 0 saturated carbocycles. The Hall–Kier alpha value is -1.01. The fourth-order valence-electron chi connectivity index (χ4n) is 1.75. The summed E-state index contributed by atoms with van der Waals surface area (Å²) < 4.78 is 0. The topological polar surface area (TPSA) is 40.5 Å². The Morgan fingerprint density at radius 2 is 2.46 bits per heavy atom. The van der Waals surface area contributed by atoms with Gasteiger partial charge in [-0.05, 0) is 18.8 Å². The number of carbonyl (C=O) groups is 1. The molecule has 13 heavy (non-hydrogen) atoms. The predicted octanol–water partition coefficient (Wildman–Crippen LogP) is 0.805. The highest BCUT2D eigenvalue weighted by Crippen LogP contribution is 2.21. The van der Waals surface area contributed by atoms with Crippen LogP contribution in [0.2, 0.25) is 0 Å². The van der Waals surface area contributed by atoms with Gasteiger partial charge in [-0.2, -0.15) is 0 Å². The van der Waals surface area contributed by atoms with E-state index < -0.39 is 5.97 Å². The lowest BCUT2D eigenvalue weighted by Crippen LogP contribution is -2.46. The van der Waals surface area contributed by atoms with Gasteiger partial charge in [0.05, 0.1) is 6.54 Å². The van der Waals surface area contributed by atoms with Gasteiger partial charge in [-0.3, -0.25) is 9.69 Å². The molecule has 0 aromatic carbocycles. The minimum Gasteiger partial charge on any atom is -0.480 e. The van der Waals surface area contributed by atoms with E-state index in [4.69, 9.17) is 11.5 Å². The highest BCUT2D eigenvalue weighted by Gasteiger charge is 2.30. The third kappa shape index (κ3) is 2.46. The van der Waals surface area contributed by atoms with E-state index in [9.17, 15) is 4.79 Å². The van der Waals surface area contributed by atoms with E-state index in [1.165, 1.54) is 0 Å². The Morgan fingerprint density at radius 3 is 3.00 bits per heavy atom. The van der Waals surface area contributed by atoms with Gasteiger partial charge >= 0.3 is 5.97 Å². The summed E-state index contributed by atoms with van der Waals surface area (Å²) in [6, 6.07) is -0.375. The van der Waals surface area contributed by atoms with E-state index >= 15 is 0 Å². The van der Waals surface area contributed by atoms with Crippen molar-refractivity contribution in [1.29, 1.82) is 0 Å². The van der Waals surface area contributed by atoms with Crippen LogP contribution in [0, 0.1) is 18.3 Å². The first kappa shape index (κ1) is 10.1. The normalized spacial score (nSPS) is 29.5. The molecule has 0 bridgehead atoms. The van der Waals surface area contributed by atoms with Crippen LogP contribution < -0.4 is 0 Å². The first-order valence-corrected chi connectivity index (χ1v) is 4.55. The first-order chi connectivity index (χ1) is 6.15. The largest absolute Gasteiger partial charge is 0.480 e. The average Bonchev–Trinajstić information content (AvgIpc) is 2.08. The molecule has 1 saturated heterocycles. The standard InChI is InChI=1S/C10H15NO2/c1-3-5-11-6-4-8(2)7-9(11)10(12)13/h1,8-9H,4-7H2,2H3,(H,12,13). The SMILES string of the molecule is C#CCN1CCC(C)CC1C(=O)O. The molecule has 1 rings (SSSR count). The lowest BCUT2D eigenvalue weighted by Gasteiger charge is -2.34. The number of nitrogens with zero attached hydrogens (tertiary/aromatic N) is 1. The minimum atomic E-state index is -0.748. The van der Waals surface area contributed by atoms with E-state index in [1.54, 1.807) is 0 Å².